The van der Waals surface area contributed by atoms with Gasteiger partial charge in [-0.05, 0) is 18.1 Å². The van der Waals surface area contributed by atoms with Gasteiger partial charge in [0.15, 0.2) is 5.96 Å². The van der Waals surface area contributed by atoms with E-state index in [9.17, 15) is 4.79 Å². The van der Waals surface area contributed by atoms with Crippen molar-refractivity contribution in [3.63, 3.8) is 0 Å². The van der Waals surface area contributed by atoms with Crippen molar-refractivity contribution in [2.45, 2.75) is 26.9 Å². The first kappa shape index (κ1) is 22.2. The number of benzene rings is 1. The van der Waals surface area contributed by atoms with E-state index in [4.69, 9.17) is 4.99 Å². The van der Waals surface area contributed by atoms with Crippen molar-refractivity contribution in [2.75, 3.05) is 32.7 Å². The first-order chi connectivity index (χ1) is 13.2. The number of guanidine groups is 1. The molecule has 2 heterocycles. The Balaban J connectivity index is 0.00000280. The van der Waals surface area contributed by atoms with Crippen LogP contribution in [0, 0.1) is 0 Å². The molecular formula is C20H29IN6O. The predicted octanol–water partition coefficient (Wildman–Crippen LogP) is 2.18. The number of rotatable bonds is 5. The summed E-state index contributed by atoms with van der Waals surface area (Å²) in [7, 11) is 0. The van der Waals surface area contributed by atoms with E-state index in [0.29, 0.717) is 6.54 Å². The highest BCUT2D eigenvalue weighted by Crippen LogP contribution is 2.10. The first-order valence-electron chi connectivity index (χ1n) is 9.48. The van der Waals surface area contributed by atoms with E-state index in [0.717, 1.165) is 45.2 Å². The number of hydrogen-bond donors (Lipinski definition) is 1. The molecule has 0 unspecified atom stereocenters. The molecule has 0 atom stereocenters. The van der Waals surface area contributed by atoms with Gasteiger partial charge in [-0.25, -0.2) is 9.98 Å². The van der Waals surface area contributed by atoms with E-state index in [1.807, 2.05) is 17.4 Å². The number of imidazole rings is 1. The maximum Gasteiger partial charge on any atom is 0.219 e. The van der Waals surface area contributed by atoms with Gasteiger partial charge in [-0.15, -0.1) is 24.0 Å². The van der Waals surface area contributed by atoms with Gasteiger partial charge in [-0.3, -0.25) is 4.79 Å². The quantitative estimate of drug-likeness (QED) is 0.392. The lowest BCUT2D eigenvalue weighted by Gasteiger charge is -2.36. The Morgan fingerprint density at radius 1 is 1.18 bits per heavy atom. The van der Waals surface area contributed by atoms with Crippen molar-refractivity contribution in [3.05, 3.63) is 54.1 Å². The zero-order chi connectivity index (χ0) is 19.1. The summed E-state index contributed by atoms with van der Waals surface area (Å²) >= 11 is 0. The Kier molecular flexibility index (Phi) is 8.75. The molecule has 1 amide bonds. The van der Waals surface area contributed by atoms with Crippen LogP contribution >= 0.6 is 24.0 Å². The molecule has 8 heteroatoms. The van der Waals surface area contributed by atoms with Crippen LogP contribution in [0.3, 0.4) is 0 Å². The van der Waals surface area contributed by atoms with Gasteiger partial charge < -0.3 is 19.7 Å². The number of aliphatic imine (C=N–C) groups is 1. The highest BCUT2D eigenvalue weighted by Gasteiger charge is 2.20. The van der Waals surface area contributed by atoms with E-state index < -0.39 is 0 Å². The number of nitrogens with zero attached hydrogens (tertiary/aromatic N) is 5. The van der Waals surface area contributed by atoms with Crippen LogP contribution < -0.4 is 5.32 Å². The van der Waals surface area contributed by atoms with Gasteiger partial charge in [0.1, 0.15) is 0 Å². The van der Waals surface area contributed by atoms with Crippen LogP contribution in [0.25, 0.3) is 0 Å². The molecule has 1 fully saturated rings. The topological polar surface area (TPSA) is 65.8 Å². The van der Waals surface area contributed by atoms with Gasteiger partial charge in [-0.2, -0.15) is 0 Å². The molecular weight excluding hydrogens is 467 g/mol. The molecule has 1 aromatic carbocycles. The summed E-state index contributed by atoms with van der Waals surface area (Å²) in [6, 6.07) is 8.51. The second-order valence-electron chi connectivity index (χ2n) is 6.72. The van der Waals surface area contributed by atoms with Crippen LogP contribution in [-0.2, 0) is 17.9 Å². The molecule has 0 bridgehead atoms. The first-order valence-corrected chi connectivity index (χ1v) is 9.48. The average molecular weight is 496 g/mol. The second-order valence-corrected chi connectivity index (χ2v) is 6.72. The zero-order valence-corrected chi connectivity index (χ0v) is 18.9. The minimum absolute atomic E-state index is 0. The number of carbonyl (C=O) groups is 1. The molecule has 2 aromatic rings. The van der Waals surface area contributed by atoms with E-state index in [1.165, 1.54) is 11.1 Å². The van der Waals surface area contributed by atoms with Crippen LogP contribution in [0.4, 0.5) is 0 Å². The molecule has 0 saturated carbocycles. The van der Waals surface area contributed by atoms with Gasteiger partial charge in [0.05, 0.1) is 12.9 Å². The Morgan fingerprint density at radius 2 is 1.89 bits per heavy atom. The average Bonchev–Trinajstić information content (AvgIpc) is 3.18. The third kappa shape index (κ3) is 6.22. The Bertz CT molecular complexity index is 769. The van der Waals surface area contributed by atoms with E-state index >= 15 is 0 Å². The van der Waals surface area contributed by atoms with Gasteiger partial charge in [0.25, 0.3) is 0 Å². The van der Waals surface area contributed by atoms with Gasteiger partial charge in [-0.1, -0.05) is 24.3 Å². The minimum Gasteiger partial charge on any atom is -0.357 e. The highest BCUT2D eigenvalue weighted by molar-refractivity contribution is 14.0. The number of carbonyl (C=O) groups excluding carboxylic acids is 1. The maximum atomic E-state index is 11.5. The van der Waals surface area contributed by atoms with Crippen LogP contribution in [0.2, 0.25) is 0 Å². The van der Waals surface area contributed by atoms with Gasteiger partial charge in [0.2, 0.25) is 5.91 Å². The molecule has 1 aromatic heterocycles. The van der Waals surface area contributed by atoms with Crippen molar-refractivity contribution in [1.29, 1.82) is 0 Å². The third-order valence-electron chi connectivity index (χ3n) is 4.69. The fourth-order valence-electron chi connectivity index (χ4n) is 3.24. The summed E-state index contributed by atoms with van der Waals surface area (Å²) in [6.45, 7) is 9.10. The smallest absolute Gasteiger partial charge is 0.219 e. The number of aromatic nitrogens is 2. The Labute approximate surface area is 183 Å². The number of piperazine rings is 1. The van der Waals surface area contributed by atoms with Crippen LogP contribution in [-0.4, -0.2) is 63.9 Å². The zero-order valence-electron chi connectivity index (χ0n) is 16.5. The molecule has 0 aliphatic carbocycles. The van der Waals surface area contributed by atoms with Crippen molar-refractivity contribution >= 4 is 35.8 Å². The summed E-state index contributed by atoms with van der Waals surface area (Å²) in [5.74, 6) is 1.06. The molecule has 28 heavy (non-hydrogen) atoms. The number of hydrogen-bond acceptors (Lipinski definition) is 3. The Morgan fingerprint density at radius 3 is 2.54 bits per heavy atom. The van der Waals surface area contributed by atoms with Crippen LogP contribution in [0.15, 0.2) is 48.0 Å². The molecule has 7 nitrogen and oxygen atoms in total. The van der Waals surface area contributed by atoms with E-state index in [-0.39, 0.29) is 29.9 Å². The molecule has 1 saturated heterocycles. The van der Waals surface area contributed by atoms with Gasteiger partial charge >= 0.3 is 0 Å². The van der Waals surface area contributed by atoms with Crippen molar-refractivity contribution in [2.24, 2.45) is 4.99 Å². The molecule has 1 aliphatic rings. The molecule has 1 N–H and O–H groups in total. The van der Waals surface area contributed by atoms with Crippen LogP contribution in [0.5, 0.6) is 0 Å². The lowest BCUT2D eigenvalue weighted by atomic mass is 10.1. The normalized spacial score (nSPS) is 14.6. The largest absolute Gasteiger partial charge is 0.357 e. The SMILES string of the molecule is CCNC(=NCc1cccc(Cn2ccnc2)c1)N1CCN(C(C)=O)CC1.I. The fourth-order valence-corrected chi connectivity index (χ4v) is 3.24. The minimum atomic E-state index is 0. The summed E-state index contributed by atoms with van der Waals surface area (Å²) < 4.78 is 2.06. The van der Waals surface area contributed by atoms with Gasteiger partial charge in [0, 0.05) is 58.6 Å². The molecule has 1 aliphatic heterocycles. The second kappa shape index (κ2) is 11.0. The summed E-state index contributed by atoms with van der Waals surface area (Å²) in [4.78, 5) is 24.6. The number of amides is 1. The summed E-state index contributed by atoms with van der Waals surface area (Å²) in [6.07, 6.45) is 5.59. The standard InChI is InChI=1S/C20H28N6O.HI/c1-3-22-20(26-11-9-25(10-12-26)17(2)27)23-14-18-5-4-6-19(13-18)15-24-8-7-21-16-24;/h4-8,13,16H,3,9-12,14-15H2,1-2H3,(H,22,23);1H. The van der Waals surface area contributed by atoms with Crippen LogP contribution in [0.1, 0.15) is 25.0 Å². The fraction of sp³-hybridized carbons (Fsp3) is 0.450. The highest BCUT2D eigenvalue weighted by atomic mass is 127. The molecule has 3 rings (SSSR count). The number of halogens is 1. The van der Waals surface area contributed by atoms with Crippen molar-refractivity contribution in [3.8, 4) is 0 Å². The Hall–Kier alpha value is -2.10. The molecule has 0 spiro atoms. The van der Waals surface area contributed by atoms with E-state index in [2.05, 4.69) is 51.0 Å². The lowest BCUT2D eigenvalue weighted by Crippen LogP contribution is -2.53. The maximum absolute atomic E-state index is 11.5. The molecule has 152 valence electrons. The lowest BCUT2D eigenvalue weighted by molar-refractivity contribution is -0.130. The number of nitrogens with one attached hydrogen (secondary N) is 1. The molecule has 0 radical (unpaired) electrons. The predicted molar refractivity (Wildman–Crippen MR) is 122 cm³/mol. The summed E-state index contributed by atoms with van der Waals surface area (Å²) in [5.41, 5.74) is 2.42. The van der Waals surface area contributed by atoms with Crippen molar-refractivity contribution in [1.82, 2.24) is 24.7 Å². The third-order valence-corrected chi connectivity index (χ3v) is 4.69. The summed E-state index contributed by atoms with van der Waals surface area (Å²) in [5, 5.41) is 3.38. The van der Waals surface area contributed by atoms with E-state index in [1.54, 1.807) is 13.1 Å². The monoisotopic (exact) mass is 496 g/mol. The van der Waals surface area contributed by atoms with Crippen molar-refractivity contribution < 1.29 is 4.79 Å².